The average molecular weight is 1930 g/mol. The van der Waals surface area contributed by atoms with Crippen molar-refractivity contribution < 1.29 is 80.4 Å². The third kappa shape index (κ3) is 29.8. The maximum absolute atomic E-state index is 13.4. The summed E-state index contributed by atoms with van der Waals surface area (Å²) in [4.78, 5) is 54.4. The number of hydrogen-bond acceptors (Lipinski definition) is 27. The van der Waals surface area contributed by atoms with E-state index >= 15 is 0 Å². The lowest BCUT2D eigenvalue weighted by molar-refractivity contribution is -0.121. The van der Waals surface area contributed by atoms with Crippen molar-refractivity contribution in [2.75, 3.05) is 72.6 Å². The van der Waals surface area contributed by atoms with Crippen LogP contribution in [0.1, 0.15) is 203 Å². The molecule has 19 N–H and O–H groups in total. The molecule has 720 valence electrons. The summed E-state index contributed by atoms with van der Waals surface area (Å²) in [6, 6.07) is 42.9. The summed E-state index contributed by atoms with van der Waals surface area (Å²) in [5, 5.41) is 55.2. The van der Waals surface area contributed by atoms with E-state index in [1.807, 2.05) is 102 Å². The zero-order chi connectivity index (χ0) is 98.4. The van der Waals surface area contributed by atoms with Gasteiger partial charge in [0.2, 0.25) is 40.1 Å². The molecule has 12 rings (SSSR count). The third-order valence-electron chi connectivity index (χ3n) is 20.7. The molecule has 0 saturated heterocycles. The number of aliphatic hydroxyl groups excluding tert-OH is 1. The highest BCUT2D eigenvalue weighted by atomic mass is 32.2. The number of rotatable bonds is 38. The van der Waals surface area contributed by atoms with Crippen molar-refractivity contribution in [3.05, 3.63) is 254 Å². The van der Waals surface area contributed by atoms with Gasteiger partial charge in [-0.3, -0.25) is 54.3 Å². The van der Waals surface area contributed by atoms with Gasteiger partial charge in [0, 0.05) is 79.5 Å². The molecular weight excluding hydrogens is 1810 g/mol. The maximum atomic E-state index is 13.4. The van der Waals surface area contributed by atoms with Crippen LogP contribution in [0.15, 0.2) is 188 Å². The summed E-state index contributed by atoms with van der Waals surface area (Å²) in [5.41, 5.74) is 29.8. The number of amides is 4. The number of nitrogen functional groups attached to an aromatic ring is 3. The van der Waals surface area contributed by atoms with Crippen molar-refractivity contribution in [3.8, 4) is 17.6 Å². The van der Waals surface area contributed by atoms with E-state index < -0.39 is 87.9 Å². The van der Waals surface area contributed by atoms with Gasteiger partial charge in [0.25, 0.3) is 23.6 Å². The number of hydrogen-bond donors (Lipinski definition) is 16. The Labute approximate surface area is 787 Å². The Kier molecular flexibility index (Phi) is 37.2. The summed E-state index contributed by atoms with van der Waals surface area (Å²) in [5.74, 6) is 5.14. The first-order valence-electron chi connectivity index (χ1n) is 42.9. The molecule has 0 aliphatic carbocycles. The number of nitrogens with two attached hydrogens (primary N) is 3. The van der Waals surface area contributed by atoms with Crippen molar-refractivity contribution in [3.63, 3.8) is 0 Å². The van der Waals surface area contributed by atoms with Gasteiger partial charge < -0.3 is 76.3 Å². The van der Waals surface area contributed by atoms with Crippen molar-refractivity contribution >= 4 is 154 Å². The molecule has 0 fully saturated rings. The fraction of sp³-hybridized carbons (Fsp3) is 0.320. The number of benzene rings is 8. The van der Waals surface area contributed by atoms with E-state index in [0.717, 1.165) is 86.5 Å². The molecule has 4 amide bonds. The summed E-state index contributed by atoms with van der Waals surface area (Å²) >= 11 is 0. The molecule has 8 aromatic carbocycles. The van der Waals surface area contributed by atoms with Crippen molar-refractivity contribution in [2.45, 2.75) is 152 Å². The maximum Gasteiger partial charge on any atom is 0.260 e. The number of amidine groups is 3. The zero-order valence-corrected chi connectivity index (χ0v) is 80.3. The van der Waals surface area contributed by atoms with Crippen LogP contribution >= 0.6 is 0 Å². The Morgan fingerprint density at radius 2 is 0.911 bits per heavy atom. The van der Waals surface area contributed by atoms with Gasteiger partial charge >= 0.3 is 0 Å². The van der Waals surface area contributed by atoms with Crippen LogP contribution in [0.3, 0.4) is 0 Å². The molecule has 0 saturated carbocycles. The van der Waals surface area contributed by atoms with E-state index in [9.17, 15) is 58.0 Å². The number of nitrogens with one attached hydrogen (secondary N) is 12. The van der Waals surface area contributed by atoms with Crippen LogP contribution in [0.2, 0.25) is 0 Å². The van der Waals surface area contributed by atoms with Crippen LogP contribution < -0.4 is 62.1 Å². The molecule has 0 spiro atoms. The molecule has 4 aromatic heterocycles. The number of carbonyl (C=O) groups excluding carboxylic acids is 4. The fourth-order valence-electron chi connectivity index (χ4n) is 14.2. The highest BCUT2D eigenvalue weighted by molar-refractivity contribution is 7.90. The minimum Gasteiger partial charge on any atom is -0.490 e. The second-order valence-electron chi connectivity index (χ2n) is 32.3. The average Bonchev–Trinajstić information content (AvgIpc) is 1.68. The second-order valence-corrected chi connectivity index (χ2v) is 39.7. The van der Waals surface area contributed by atoms with Crippen LogP contribution in [0.5, 0.6) is 5.75 Å². The largest absolute Gasteiger partial charge is 0.490 e. The van der Waals surface area contributed by atoms with Gasteiger partial charge in [-0.25, -0.2) is 33.7 Å². The monoisotopic (exact) mass is 1920 g/mol. The van der Waals surface area contributed by atoms with Gasteiger partial charge in [0.05, 0.1) is 55.6 Å². The number of sulfonamides is 4. The lowest BCUT2D eigenvalue weighted by atomic mass is 9.94. The molecule has 4 atom stereocenters. The van der Waals surface area contributed by atoms with E-state index in [0.29, 0.717) is 140 Å². The Morgan fingerprint density at radius 3 is 1.32 bits per heavy atom. The van der Waals surface area contributed by atoms with Crippen molar-refractivity contribution in [2.24, 2.45) is 17.2 Å². The number of carbonyl (C=O) groups is 4. The van der Waals surface area contributed by atoms with Crippen molar-refractivity contribution in [1.82, 2.24) is 23.8 Å². The van der Waals surface area contributed by atoms with Gasteiger partial charge in [-0.2, -0.15) is 0 Å². The summed E-state index contributed by atoms with van der Waals surface area (Å²) in [6.07, 6.45) is 7.43. The Balaban J connectivity index is 0.000000221. The SMILES string of the molecule is C.CC#Cc1cc([C@@H](Nc2ccc(C(C)=N)cc2)C(=O)NS(C)(=O)=O)cc2cc(CCO)oc12.CCCCS(=O)(=O)NC(=O)[C@H](Nc1ccc(C(=N)N)cc1)c1cc(OCC)c2oc(CN(C)C)cc2c1.CCCc1cc2cc([C@@H](Nc3ccc(C(=N)N)cc3)C(=O)NS(=O)(=O)CC)cc(CC)c2o1.Cc1coc2c(C(C)C)cc(C(Nc3ccc(C(=N)N)cc3)C(=O)NS(C)(=O)=O)cc12. The van der Waals surface area contributed by atoms with Crippen LogP contribution in [-0.2, 0) is 85.1 Å². The molecule has 135 heavy (non-hydrogen) atoms. The highest BCUT2D eigenvalue weighted by Crippen LogP contribution is 2.39. The first kappa shape index (κ1) is 107. The number of aliphatic hydroxyl groups is 1. The number of aryl methyl sites for hydroxylation is 3. The Morgan fingerprint density at radius 1 is 0.504 bits per heavy atom. The second kappa shape index (κ2) is 47.2. The van der Waals surface area contributed by atoms with Crippen LogP contribution in [0.25, 0.3) is 43.9 Å². The Hall–Kier alpha value is -13.8. The number of fused-ring (bicyclic) bond motifs is 4. The molecule has 0 aliphatic rings. The van der Waals surface area contributed by atoms with Gasteiger partial charge in [-0.05, 0) is 270 Å². The number of ether oxygens (including phenoxy) is 1. The molecule has 0 radical (unpaired) electrons. The topological polar surface area (TPSA) is 560 Å². The van der Waals surface area contributed by atoms with Crippen LogP contribution in [-0.4, -0.2) is 142 Å². The Bertz CT molecular complexity index is 6860. The van der Waals surface area contributed by atoms with Gasteiger partial charge in [-0.1, -0.05) is 66.5 Å². The lowest BCUT2D eigenvalue weighted by Crippen LogP contribution is -2.38. The van der Waals surface area contributed by atoms with E-state index in [-0.39, 0.29) is 49.0 Å². The molecule has 12 aromatic rings. The quantitative estimate of drug-likeness (QED) is 0.00971. The third-order valence-corrected chi connectivity index (χ3v) is 24.4. The molecule has 0 aliphatic heterocycles. The molecule has 0 bridgehead atoms. The van der Waals surface area contributed by atoms with Crippen LogP contribution in [0.4, 0.5) is 22.7 Å². The summed E-state index contributed by atoms with van der Waals surface area (Å²) < 4.78 is 134. The molecule has 34 nitrogen and oxygen atoms in total. The number of nitrogens with zero attached hydrogens (tertiary/aromatic N) is 1. The summed E-state index contributed by atoms with van der Waals surface area (Å²) in [7, 11) is -11.2. The number of anilines is 4. The van der Waals surface area contributed by atoms with Gasteiger partial charge in [0.15, 0.2) is 11.3 Å². The standard InChI is InChI=1S/C26H35N5O5S.C24H30N4O4S.C24H25N3O5S.C22H26N4O4S.CH4/c1-5-7-12-37(33,34)30-26(32)23(29-20-10-8-17(9-11-20)25(27)28)18-13-19-14-21(16-31(3)4)36-24(19)22(15-18)35-6-2;1-4-7-20-14-18-13-17(12-15(5-2)22(18)32-20)21(24(29)28-33(30,31)6-3)27-19-10-8-16(9-11-19)23(25)26;1-4-5-17-12-18(13-19-14-21(10-11-28)32-23(17)19)22(24(29)27-33(3,30)31)26-20-8-6-16(7-9-20)15(2)25;1-12(2)17-9-15(10-18-13(3)11-30-20(17)18)19(22(27)26-31(4,28)29)25-16-7-5-14(6-8-16)21(23)24;/h8-11,13-15,23,29H,5-7,12,16H2,1-4H3,(H3,27,28)(H,30,32);8-14,21,27H,4-7H2,1-3H3,(H3,25,26)(H,28,29);6-9,12-14,22,25-26,28H,10-11H2,1-3H3,(H,27,29);5-12,19,25H,1-4H3,(H3,23,24)(H,26,27);1H4/t23-;21-;22-;;/m111../s1. The minimum atomic E-state index is -3.82. The molecular formula is C97H120N16O18S4. The predicted octanol–water partition coefficient (Wildman–Crippen LogP) is 14.4. The highest BCUT2D eigenvalue weighted by Gasteiger charge is 2.32. The molecule has 38 heteroatoms. The van der Waals surface area contributed by atoms with Gasteiger partial charge in [-0.15, -0.1) is 5.92 Å². The first-order chi connectivity index (χ1) is 63.3. The van der Waals surface area contributed by atoms with E-state index in [2.05, 4.69) is 54.2 Å². The van der Waals surface area contributed by atoms with E-state index in [1.165, 1.54) is 6.92 Å². The first-order valence-corrected chi connectivity index (χ1v) is 50.0. The minimum absolute atomic E-state index is 0. The van der Waals surface area contributed by atoms with Gasteiger partial charge in [0.1, 0.15) is 75.7 Å². The zero-order valence-electron chi connectivity index (χ0n) is 77.0. The van der Waals surface area contributed by atoms with Crippen LogP contribution in [0, 0.1) is 40.4 Å². The predicted molar refractivity (Wildman–Crippen MR) is 533 cm³/mol. The normalized spacial score (nSPS) is 12.3. The fourth-order valence-corrected chi connectivity index (χ4v) is 16.9. The van der Waals surface area contributed by atoms with Crippen molar-refractivity contribution in [1.29, 1.82) is 21.6 Å². The number of furan rings is 4. The van der Waals surface area contributed by atoms with E-state index in [1.54, 1.807) is 148 Å². The number of unbranched alkanes of at least 4 members (excludes halogenated alkanes) is 1. The summed E-state index contributed by atoms with van der Waals surface area (Å²) in [6.45, 7) is 19.5. The smallest absolute Gasteiger partial charge is 0.260 e. The molecule has 4 heterocycles. The lowest BCUT2D eigenvalue weighted by Gasteiger charge is -2.21. The van der Waals surface area contributed by atoms with E-state index in [4.69, 9.17) is 61.2 Å². The molecule has 1 unspecified atom stereocenters.